The number of rotatable bonds is 7. The molecule has 0 aromatic heterocycles. The molecule has 31 heavy (non-hydrogen) atoms. The number of aliphatic imine (C=N–C) groups is 1. The second kappa shape index (κ2) is 12.1. The zero-order valence-corrected chi connectivity index (χ0v) is 21.2. The zero-order valence-electron chi connectivity index (χ0n) is 18.0. The lowest BCUT2D eigenvalue weighted by Crippen LogP contribution is -2.52. The molecule has 1 aliphatic heterocycles. The largest absolute Gasteiger partial charge is 0.416 e. The molecule has 0 saturated carbocycles. The molecule has 12 heteroatoms. The second-order valence-corrected chi connectivity index (χ2v) is 9.09. The van der Waals surface area contributed by atoms with Crippen LogP contribution in [0.1, 0.15) is 18.9 Å². The van der Waals surface area contributed by atoms with Crippen LogP contribution in [0.3, 0.4) is 0 Å². The van der Waals surface area contributed by atoms with Crippen molar-refractivity contribution in [2.45, 2.75) is 19.5 Å². The fourth-order valence-electron chi connectivity index (χ4n) is 3.40. The topological polar surface area (TPSA) is 68.2 Å². The Morgan fingerprint density at radius 2 is 1.87 bits per heavy atom. The molecule has 0 unspecified atom stereocenters. The summed E-state index contributed by atoms with van der Waals surface area (Å²) in [5.41, 5.74) is -0.0806. The number of nitrogens with zero attached hydrogens (tertiary/aromatic N) is 4. The van der Waals surface area contributed by atoms with E-state index in [0.29, 0.717) is 63.9 Å². The van der Waals surface area contributed by atoms with Crippen LogP contribution in [0.15, 0.2) is 29.3 Å². The molecule has 0 amide bonds. The molecule has 0 spiro atoms. The molecule has 1 heterocycles. The van der Waals surface area contributed by atoms with Gasteiger partial charge in [-0.3, -0.25) is 4.99 Å². The summed E-state index contributed by atoms with van der Waals surface area (Å²) in [6, 6.07) is 5.39. The first kappa shape index (κ1) is 27.8. The SMILES string of the molecule is CCN(CCCNC(=NC)N1CCN(c2cccc(C(F)(F)F)c2)CC1)S(C)(=O)=O.I. The maximum Gasteiger partial charge on any atom is 0.416 e. The van der Waals surface area contributed by atoms with Crippen LogP contribution < -0.4 is 10.2 Å². The van der Waals surface area contributed by atoms with Gasteiger partial charge in [-0.05, 0) is 24.6 Å². The number of guanidine groups is 1. The maximum absolute atomic E-state index is 12.9. The Hall–Kier alpha value is -1.28. The monoisotopic (exact) mass is 577 g/mol. The van der Waals surface area contributed by atoms with E-state index < -0.39 is 21.8 Å². The van der Waals surface area contributed by atoms with E-state index in [9.17, 15) is 21.6 Å². The van der Waals surface area contributed by atoms with Gasteiger partial charge >= 0.3 is 6.18 Å². The molecule has 2 rings (SSSR count). The predicted molar refractivity (Wildman–Crippen MR) is 129 cm³/mol. The molecule has 0 aliphatic carbocycles. The first-order chi connectivity index (χ1) is 14.1. The number of sulfonamides is 1. The van der Waals surface area contributed by atoms with Gasteiger partial charge in [-0.1, -0.05) is 13.0 Å². The molecule has 1 saturated heterocycles. The summed E-state index contributed by atoms with van der Waals surface area (Å²) < 4.78 is 63.5. The van der Waals surface area contributed by atoms with Gasteiger partial charge in [0.2, 0.25) is 10.0 Å². The lowest BCUT2D eigenvalue weighted by Gasteiger charge is -2.38. The van der Waals surface area contributed by atoms with Crippen molar-refractivity contribution in [2.75, 3.05) is 64.0 Å². The first-order valence-electron chi connectivity index (χ1n) is 9.89. The van der Waals surface area contributed by atoms with Crippen molar-refractivity contribution in [1.29, 1.82) is 0 Å². The number of benzene rings is 1. The van der Waals surface area contributed by atoms with Crippen molar-refractivity contribution in [3.63, 3.8) is 0 Å². The highest BCUT2D eigenvalue weighted by Gasteiger charge is 2.31. The van der Waals surface area contributed by atoms with E-state index in [2.05, 4.69) is 15.2 Å². The van der Waals surface area contributed by atoms with E-state index in [1.807, 2.05) is 4.90 Å². The van der Waals surface area contributed by atoms with Crippen molar-refractivity contribution in [2.24, 2.45) is 4.99 Å². The quantitative estimate of drug-likeness (QED) is 0.234. The van der Waals surface area contributed by atoms with Crippen molar-refractivity contribution >= 4 is 45.6 Å². The molecule has 0 atom stereocenters. The summed E-state index contributed by atoms with van der Waals surface area (Å²) in [4.78, 5) is 8.26. The maximum atomic E-state index is 12.9. The molecule has 0 radical (unpaired) electrons. The number of halogens is 4. The number of hydrogen-bond donors (Lipinski definition) is 1. The highest BCUT2D eigenvalue weighted by molar-refractivity contribution is 14.0. The number of alkyl halides is 3. The summed E-state index contributed by atoms with van der Waals surface area (Å²) in [6.45, 7) is 5.66. The van der Waals surface area contributed by atoms with Crippen LogP contribution >= 0.6 is 24.0 Å². The molecular formula is C19H31F3IN5O2S. The Kier molecular flexibility index (Phi) is 10.8. The van der Waals surface area contributed by atoms with Crippen LogP contribution in [0.5, 0.6) is 0 Å². The second-order valence-electron chi connectivity index (χ2n) is 7.10. The average Bonchev–Trinajstić information content (AvgIpc) is 2.69. The summed E-state index contributed by atoms with van der Waals surface area (Å²) in [5.74, 6) is 0.709. The van der Waals surface area contributed by atoms with E-state index in [4.69, 9.17) is 0 Å². The van der Waals surface area contributed by atoms with Crippen molar-refractivity contribution in [1.82, 2.24) is 14.5 Å². The smallest absolute Gasteiger partial charge is 0.368 e. The minimum atomic E-state index is -4.35. The summed E-state index contributed by atoms with van der Waals surface area (Å²) in [5, 5.41) is 3.24. The van der Waals surface area contributed by atoms with Crippen LogP contribution in [0.2, 0.25) is 0 Å². The van der Waals surface area contributed by atoms with Gasteiger partial charge in [-0.25, -0.2) is 12.7 Å². The molecule has 1 N–H and O–H groups in total. The fraction of sp³-hybridized carbons (Fsp3) is 0.632. The van der Waals surface area contributed by atoms with Crippen molar-refractivity contribution < 1.29 is 21.6 Å². The highest BCUT2D eigenvalue weighted by Crippen LogP contribution is 2.31. The summed E-state index contributed by atoms with van der Waals surface area (Å²) >= 11 is 0. The predicted octanol–water partition coefficient (Wildman–Crippen LogP) is 2.69. The standard InChI is InChI=1S/C19H30F3N5O2S.HI/c1-4-27(30(3,28)29)10-6-9-24-18(23-2)26-13-11-25(12-14-26)17-8-5-7-16(15-17)19(20,21)22;/h5,7-8,15H,4,6,9-14H2,1-3H3,(H,23,24);1H. The Morgan fingerprint density at radius 3 is 2.39 bits per heavy atom. The normalized spacial score (nSPS) is 15.8. The van der Waals surface area contributed by atoms with Crippen LogP contribution in [0, 0.1) is 0 Å². The zero-order chi connectivity index (χ0) is 22.4. The molecule has 1 aromatic carbocycles. The van der Waals surface area contributed by atoms with Crippen molar-refractivity contribution in [3.05, 3.63) is 29.8 Å². The van der Waals surface area contributed by atoms with Gasteiger partial charge in [-0.2, -0.15) is 13.2 Å². The minimum Gasteiger partial charge on any atom is -0.368 e. The molecule has 1 aromatic rings. The van der Waals surface area contributed by atoms with Crippen LogP contribution in [-0.2, 0) is 16.2 Å². The van der Waals surface area contributed by atoms with E-state index in [-0.39, 0.29) is 24.0 Å². The Bertz CT molecular complexity index is 828. The number of hydrogen-bond acceptors (Lipinski definition) is 4. The van der Waals surface area contributed by atoms with Crippen LogP contribution in [-0.4, -0.2) is 82.7 Å². The third-order valence-electron chi connectivity index (χ3n) is 5.02. The van der Waals surface area contributed by atoms with E-state index >= 15 is 0 Å². The van der Waals surface area contributed by atoms with Crippen LogP contribution in [0.25, 0.3) is 0 Å². The molecule has 1 fully saturated rings. The summed E-state index contributed by atoms with van der Waals surface area (Å²) in [7, 11) is -1.52. The molecule has 0 bridgehead atoms. The van der Waals surface area contributed by atoms with Crippen LogP contribution in [0.4, 0.5) is 18.9 Å². The van der Waals surface area contributed by atoms with Crippen molar-refractivity contribution in [3.8, 4) is 0 Å². The number of anilines is 1. The molecule has 178 valence electrons. The lowest BCUT2D eigenvalue weighted by molar-refractivity contribution is -0.137. The van der Waals surface area contributed by atoms with Gasteiger partial charge in [0.25, 0.3) is 0 Å². The average molecular weight is 577 g/mol. The summed E-state index contributed by atoms with van der Waals surface area (Å²) in [6.07, 6.45) is -2.51. The third kappa shape index (κ3) is 8.29. The van der Waals surface area contributed by atoms with Gasteiger partial charge in [0, 0.05) is 58.5 Å². The molecule has 7 nitrogen and oxygen atoms in total. The van der Waals surface area contributed by atoms with Gasteiger partial charge < -0.3 is 15.1 Å². The van der Waals surface area contributed by atoms with E-state index in [1.54, 1.807) is 20.0 Å². The first-order valence-corrected chi connectivity index (χ1v) is 11.7. The minimum absolute atomic E-state index is 0. The van der Waals surface area contributed by atoms with Gasteiger partial charge in [0.1, 0.15) is 0 Å². The fourth-order valence-corrected chi connectivity index (χ4v) is 4.33. The lowest BCUT2D eigenvalue weighted by atomic mass is 10.1. The van der Waals surface area contributed by atoms with Gasteiger partial charge in [0.05, 0.1) is 11.8 Å². The highest BCUT2D eigenvalue weighted by atomic mass is 127. The third-order valence-corrected chi connectivity index (χ3v) is 6.40. The number of nitrogens with one attached hydrogen (secondary N) is 1. The molecule has 1 aliphatic rings. The van der Waals surface area contributed by atoms with E-state index in [0.717, 1.165) is 6.07 Å². The Labute approximate surface area is 199 Å². The Balaban J connectivity index is 0.00000480. The van der Waals surface area contributed by atoms with E-state index in [1.165, 1.54) is 22.7 Å². The van der Waals surface area contributed by atoms with Gasteiger partial charge in [-0.15, -0.1) is 24.0 Å². The molecular weight excluding hydrogens is 546 g/mol. The number of piperazine rings is 1. The van der Waals surface area contributed by atoms with Gasteiger partial charge in [0.15, 0.2) is 5.96 Å². The Morgan fingerprint density at radius 1 is 1.23 bits per heavy atom.